The van der Waals surface area contributed by atoms with Crippen molar-refractivity contribution in [3.05, 3.63) is 59.4 Å². The zero-order valence-corrected chi connectivity index (χ0v) is 14.6. The highest BCUT2D eigenvalue weighted by molar-refractivity contribution is 5.88. The molecule has 0 aliphatic rings. The van der Waals surface area contributed by atoms with Gasteiger partial charge in [-0.25, -0.2) is 9.78 Å². The monoisotopic (exact) mass is 352 g/mol. The van der Waals surface area contributed by atoms with E-state index in [1.54, 1.807) is 44.2 Å². The lowest BCUT2D eigenvalue weighted by Crippen LogP contribution is -2.19. The zero-order chi connectivity index (χ0) is 18.9. The molecular weight excluding hydrogens is 332 g/mol. The molecule has 2 N–H and O–H groups in total. The number of fused-ring (bicyclic) bond motifs is 1. The summed E-state index contributed by atoms with van der Waals surface area (Å²) in [5, 5.41) is 20.0. The van der Waals surface area contributed by atoms with Crippen LogP contribution in [0.4, 0.5) is 0 Å². The van der Waals surface area contributed by atoms with Gasteiger partial charge in [0.1, 0.15) is 5.65 Å². The number of carboxylic acids is 1. The first-order chi connectivity index (χ1) is 12.3. The third-order valence-corrected chi connectivity index (χ3v) is 4.24. The number of aldehydes is 1. The topological polar surface area (TPSA) is 92.4 Å². The largest absolute Gasteiger partial charge is 0.478 e. The SMILES string of the molecule is CC(C)(O)CCc1cc2cc(C=O)cnc2n1-c1ccc(C(=O)O)cc1. The van der Waals surface area contributed by atoms with Crippen molar-refractivity contribution in [2.75, 3.05) is 0 Å². The fourth-order valence-electron chi connectivity index (χ4n) is 2.89. The Kier molecular flexibility index (Phi) is 4.61. The molecule has 0 aliphatic carbocycles. The number of aromatic carboxylic acids is 1. The predicted molar refractivity (Wildman–Crippen MR) is 98.0 cm³/mol. The molecule has 0 saturated carbocycles. The fraction of sp³-hybridized carbons (Fsp3) is 0.250. The summed E-state index contributed by atoms with van der Waals surface area (Å²) in [6, 6.07) is 10.3. The van der Waals surface area contributed by atoms with E-state index in [9.17, 15) is 14.7 Å². The molecule has 0 fully saturated rings. The molecular formula is C20H20N2O4. The second kappa shape index (κ2) is 6.72. The van der Waals surface area contributed by atoms with E-state index < -0.39 is 11.6 Å². The van der Waals surface area contributed by atoms with Crippen molar-refractivity contribution in [3.8, 4) is 5.69 Å². The van der Waals surface area contributed by atoms with Crippen LogP contribution in [0.25, 0.3) is 16.7 Å². The molecule has 2 aromatic heterocycles. The van der Waals surface area contributed by atoms with Crippen LogP contribution in [0.3, 0.4) is 0 Å². The number of hydrogen-bond donors (Lipinski definition) is 2. The van der Waals surface area contributed by atoms with Gasteiger partial charge < -0.3 is 10.2 Å². The Labute approximate surface area is 150 Å². The highest BCUT2D eigenvalue weighted by atomic mass is 16.4. The normalized spacial score (nSPS) is 11.7. The number of rotatable bonds is 6. The Morgan fingerprint density at radius 2 is 1.92 bits per heavy atom. The summed E-state index contributed by atoms with van der Waals surface area (Å²) in [5.74, 6) is -0.982. The summed E-state index contributed by atoms with van der Waals surface area (Å²) in [5.41, 5.74) is 2.28. The number of hydrogen-bond acceptors (Lipinski definition) is 4. The van der Waals surface area contributed by atoms with Crippen LogP contribution in [0, 0.1) is 0 Å². The molecule has 0 spiro atoms. The summed E-state index contributed by atoms with van der Waals surface area (Å²) in [6.45, 7) is 3.51. The van der Waals surface area contributed by atoms with Gasteiger partial charge in [0.05, 0.1) is 11.2 Å². The van der Waals surface area contributed by atoms with Crippen LogP contribution in [-0.2, 0) is 6.42 Å². The average Bonchev–Trinajstić information content (AvgIpc) is 2.96. The van der Waals surface area contributed by atoms with Crippen molar-refractivity contribution in [1.29, 1.82) is 0 Å². The molecule has 3 rings (SSSR count). The zero-order valence-electron chi connectivity index (χ0n) is 14.6. The van der Waals surface area contributed by atoms with E-state index in [1.807, 2.05) is 10.6 Å². The molecule has 0 radical (unpaired) electrons. The average molecular weight is 352 g/mol. The van der Waals surface area contributed by atoms with E-state index in [0.717, 1.165) is 23.1 Å². The van der Waals surface area contributed by atoms with Gasteiger partial charge in [-0.1, -0.05) is 0 Å². The maximum atomic E-state index is 11.1. The molecule has 0 atom stereocenters. The molecule has 2 heterocycles. The molecule has 0 aliphatic heterocycles. The van der Waals surface area contributed by atoms with Crippen LogP contribution >= 0.6 is 0 Å². The van der Waals surface area contributed by atoms with Gasteiger partial charge in [-0.05, 0) is 63.1 Å². The second-order valence-corrected chi connectivity index (χ2v) is 6.93. The van der Waals surface area contributed by atoms with Crippen molar-refractivity contribution in [2.45, 2.75) is 32.3 Å². The molecule has 1 aromatic carbocycles. The molecule has 6 nitrogen and oxygen atoms in total. The Bertz CT molecular complexity index is 966. The van der Waals surface area contributed by atoms with Gasteiger partial charge in [0.2, 0.25) is 0 Å². The molecule has 3 aromatic rings. The Morgan fingerprint density at radius 1 is 1.23 bits per heavy atom. The van der Waals surface area contributed by atoms with Gasteiger partial charge in [0.25, 0.3) is 0 Å². The standard InChI is InChI=1S/C20H20N2O4/c1-20(2,26)8-7-17-10-15-9-13(12-23)11-21-18(15)22(17)16-5-3-14(4-6-16)19(24)25/h3-6,9-12,26H,7-8H2,1-2H3,(H,24,25). The number of aryl methyl sites for hydroxylation is 1. The number of carbonyl (C=O) groups is 2. The molecule has 0 saturated heterocycles. The Balaban J connectivity index is 2.13. The number of nitrogens with zero attached hydrogens (tertiary/aromatic N) is 2. The van der Waals surface area contributed by atoms with Gasteiger partial charge in [0.15, 0.2) is 6.29 Å². The molecule has 6 heteroatoms. The van der Waals surface area contributed by atoms with E-state index in [0.29, 0.717) is 24.1 Å². The highest BCUT2D eigenvalue weighted by Crippen LogP contribution is 2.26. The minimum atomic E-state index is -0.982. The number of aliphatic hydroxyl groups is 1. The van der Waals surface area contributed by atoms with Crippen LogP contribution in [0.1, 0.15) is 46.7 Å². The molecule has 26 heavy (non-hydrogen) atoms. The van der Waals surface area contributed by atoms with Gasteiger partial charge >= 0.3 is 5.97 Å². The van der Waals surface area contributed by atoms with Gasteiger partial charge in [-0.15, -0.1) is 0 Å². The van der Waals surface area contributed by atoms with Crippen LogP contribution in [0.2, 0.25) is 0 Å². The van der Waals surface area contributed by atoms with Crippen LogP contribution in [0.15, 0.2) is 42.6 Å². The van der Waals surface area contributed by atoms with E-state index in [2.05, 4.69) is 4.98 Å². The third kappa shape index (κ3) is 3.65. The van der Waals surface area contributed by atoms with E-state index in [1.165, 1.54) is 6.20 Å². The van der Waals surface area contributed by atoms with Gasteiger partial charge in [0, 0.05) is 28.5 Å². The number of carbonyl (C=O) groups excluding carboxylic acids is 1. The molecule has 134 valence electrons. The summed E-state index contributed by atoms with van der Waals surface area (Å²) >= 11 is 0. The Hall–Kier alpha value is -2.99. The van der Waals surface area contributed by atoms with Crippen molar-refractivity contribution in [1.82, 2.24) is 9.55 Å². The Morgan fingerprint density at radius 3 is 2.50 bits per heavy atom. The minimum Gasteiger partial charge on any atom is -0.478 e. The lowest BCUT2D eigenvalue weighted by atomic mass is 10.0. The summed E-state index contributed by atoms with van der Waals surface area (Å²) < 4.78 is 1.93. The maximum absolute atomic E-state index is 11.1. The number of aromatic nitrogens is 2. The molecule has 0 unspecified atom stereocenters. The van der Waals surface area contributed by atoms with Crippen molar-refractivity contribution in [3.63, 3.8) is 0 Å². The third-order valence-electron chi connectivity index (χ3n) is 4.24. The van der Waals surface area contributed by atoms with Crippen molar-refractivity contribution in [2.24, 2.45) is 0 Å². The van der Waals surface area contributed by atoms with Gasteiger partial charge in [-0.3, -0.25) is 9.36 Å². The summed E-state index contributed by atoms with van der Waals surface area (Å²) in [7, 11) is 0. The van der Waals surface area contributed by atoms with Crippen molar-refractivity contribution >= 4 is 23.3 Å². The highest BCUT2D eigenvalue weighted by Gasteiger charge is 2.17. The number of benzene rings is 1. The fourth-order valence-corrected chi connectivity index (χ4v) is 2.89. The predicted octanol–water partition coefficient (Wildman–Crippen LogP) is 3.24. The summed E-state index contributed by atoms with van der Waals surface area (Å²) in [6.07, 6.45) is 3.42. The van der Waals surface area contributed by atoms with Crippen LogP contribution < -0.4 is 0 Å². The lowest BCUT2D eigenvalue weighted by Gasteiger charge is -2.18. The first-order valence-corrected chi connectivity index (χ1v) is 8.30. The minimum absolute atomic E-state index is 0.208. The molecule has 0 bridgehead atoms. The van der Waals surface area contributed by atoms with Gasteiger partial charge in [-0.2, -0.15) is 0 Å². The first kappa shape index (κ1) is 17.8. The summed E-state index contributed by atoms with van der Waals surface area (Å²) in [4.78, 5) is 26.5. The maximum Gasteiger partial charge on any atom is 0.335 e. The quantitative estimate of drug-likeness (QED) is 0.665. The van der Waals surface area contributed by atoms with Crippen LogP contribution in [0.5, 0.6) is 0 Å². The van der Waals surface area contributed by atoms with Crippen molar-refractivity contribution < 1.29 is 19.8 Å². The second-order valence-electron chi connectivity index (χ2n) is 6.93. The number of carboxylic acid groups (broad SMARTS) is 1. The van der Waals surface area contributed by atoms with E-state index in [-0.39, 0.29) is 5.56 Å². The van der Waals surface area contributed by atoms with E-state index >= 15 is 0 Å². The van der Waals surface area contributed by atoms with Crippen LogP contribution in [-0.4, -0.2) is 37.6 Å². The number of pyridine rings is 1. The lowest BCUT2D eigenvalue weighted by molar-refractivity contribution is 0.0692. The first-order valence-electron chi connectivity index (χ1n) is 8.30. The molecule has 0 amide bonds. The van der Waals surface area contributed by atoms with E-state index in [4.69, 9.17) is 5.11 Å². The smallest absolute Gasteiger partial charge is 0.335 e.